The summed E-state index contributed by atoms with van der Waals surface area (Å²) in [4.78, 5) is 8.31. The van der Waals surface area contributed by atoms with E-state index >= 15 is 0 Å². The zero-order valence-electron chi connectivity index (χ0n) is 10.1. The van der Waals surface area contributed by atoms with Crippen LogP contribution in [0.3, 0.4) is 0 Å². The minimum atomic E-state index is -0.650. The molecule has 0 bridgehead atoms. The van der Waals surface area contributed by atoms with Crippen LogP contribution in [0.4, 0.5) is 8.78 Å². The summed E-state index contributed by atoms with van der Waals surface area (Å²) >= 11 is 0. The number of benzene rings is 1. The molecule has 0 aliphatic heterocycles. The molecular weight excluding hydrogens is 236 g/mol. The lowest BCUT2D eigenvalue weighted by molar-refractivity contribution is 0.584. The molecular formula is C13H13F2N3. The molecule has 0 aliphatic rings. The number of aromatic nitrogens is 2. The van der Waals surface area contributed by atoms with Crippen LogP contribution in [0.1, 0.15) is 24.2 Å². The molecule has 0 unspecified atom stereocenters. The van der Waals surface area contributed by atoms with E-state index in [1.54, 1.807) is 13.1 Å². The minimum Gasteiger partial charge on any atom is -0.324 e. The van der Waals surface area contributed by atoms with Crippen LogP contribution in [0.25, 0.3) is 11.4 Å². The van der Waals surface area contributed by atoms with Crippen molar-refractivity contribution in [3.05, 3.63) is 47.3 Å². The third-order valence-corrected chi connectivity index (χ3v) is 2.63. The van der Waals surface area contributed by atoms with E-state index < -0.39 is 11.6 Å². The second-order valence-electron chi connectivity index (χ2n) is 4.18. The van der Waals surface area contributed by atoms with Gasteiger partial charge in [0.05, 0.1) is 0 Å². The monoisotopic (exact) mass is 249 g/mol. The molecule has 0 saturated heterocycles. The molecule has 2 rings (SSSR count). The number of rotatable bonds is 2. The van der Waals surface area contributed by atoms with E-state index in [0.717, 1.165) is 11.6 Å². The smallest absolute Gasteiger partial charge is 0.159 e. The van der Waals surface area contributed by atoms with Gasteiger partial charge in [-0.2, -0.15) is 0 Å². The third kappa shape index (κ3) is 2.51. The van der Waals surface area contributed by atoms with Gasteiger partial charge in [-0.25, -0.2) is 18.7 Å². The van der Waals surface area contributed by atoms with Crippen LogP contribution in [0, 0.1) is 18.6 Å². The SMILES string of the molecule is Cc1nc(-c2cc(F)cc(F)c2)ncc1[C@H](C)N. The van der Waals surface area contributed by atoms with Gasteiger partial charge in [0.25, 0.3) is 0 Å². The van der Waals surface area contributed by atoms with Crippen LogP contribution in [0.5, 0.6) is 0 Å². The third-order valence-electron chi connectivity index (χ3n) is 2.63. The lowest BCUT2D eigenvalue weighted by Gasteiger charge is -2.09. The van der Waals surface area contributed by atoms with Crippen LogP contribution in [-0.4, -0.2) is 9.97 Å². The zero-order chi connectivity index (χ0) is 13.3. The molecule has 5 heteroatoms. The first-order valence-electron chi connectivity index (χ1n) is 5.53. The molecule has 18 heavy (non-hydrogen) atoms. The van der Waals surface area contributed by atoms with Crippen molar-refractivity contribution in [1.29, 1.82) is 0 Å². The van der Waals surface area contributed by atoms with Gasteiger partial charge >= 0.3 is 0 Å². The highest BCUT2D eigenvalue weighted by Gasteiger charge is 2.10. The summed E-state index contributed by atoms with van der Waals surface area (Å²) in [5.41, 5.74) is 7.59. The first-order valence-corrected chi connectivity index (χ1v) is 5.53. The van der Waals surface area contributed by atoms with Crippen molar-refractivity contribution in [2.45, 2.75) is 19.9 Å². The molecule has 0 aliphatic carbocycles. The van der Waals surface area contributed by atoms with E-state index in [-0.39, 0.29) is 11.9 Å². The van der Waals surface area contributed by atoms with Crippen molar-refractivity contribution in [1.82, 2.24) is 9.97 Å². The van der Waals surface area contributed by atoms with Gasteiger partial charge in [0.1, 0.15) is 11.6 Å². The molecule has 1 aromatic carbocycles. The van der Waals surface area contributed by atoms with Crippen molar-refractivity contribution in [3.63, 3.8) is 0 Å². The summed E-state index contributed by atoms with van der Waals surface area (Å²) in [5, 5.41) is 0. The Morgan fingerprint density at radius 3 is 2.28 bits per heavy atom. The van der Waals surface area contributed by atoms with E-state index in [0.29, 0.717) is 11.3 Å². The predicted octanol–water partition coefficient (Wildman–Crippen LogP) is 2.75. The van der Waals surface area contributed by atoms with E-state index in [9.17, 15) is 8.78 Å². The number of hydrogen-bond acceptors (Lipinski definition) is 3. The maximum atomic E-state index is 13.1. The molecule has 0 spiro atoms. The van der Waals surface area contributed by atoms with Gasteiger partial charge in [0.15, 0.2) is 5.82 Å². The number of nitrogens with two attached hydrogens (primary N) is 1. The Bertz CT molecular complexity index is 562. The van der Waals surface area contributed by atoms with E-state index in [1.807, 2.05) is 6.92 Å². The summed E-state index contributed by atoms with van der Waals surface area (Å²) < 4.78 is 26.2. The van der Waals surface area contributed by atoms with Crippen LogP contribution >= 0.6 is 0 Å². The zero-order valence-corrected chi connectivity index (χ0v) is 10.1. The molecule has 3 nitrogen and oxygen atoms in total. The van der Waals surface area contributed by atoms with Gasteiger partial charge in [-0.3, -0.25) is 0 Å². The second kappa shape index (κ2) is 4.78. The Kier molecular flexibility index (Phi) is 3.34. The topological polar surface area (TPSA) is 51.8 Å². The fourth-order valence-electron chi connectivity index (χ4n) is 1.75. The van der Waals surface area contributed by atoms with E-state index in [4.69, 9.17) is 5.73 Å². The van der Waals surface area contributed by atoms with Crippen molar-refractivity contribution < 1.29 is 8.78 Å². The molecule has 1 aromatic heterocycles. The van der Waals surface area contributed by atoms with Crippen molar-refractivity contribution >= 4 is 0 Å². The second-order valence-corrected chi connectivity index (χ2v) is 4.18. The van der Waals surface area contributed by atoms with Crippen molar-refractivity contribution in [3.8, 4) is 11.4 Å². The molecule has 2 aromatic rings. The van der Waals surface area contributed by atoms with Gasteiger partial charge in [-0.15, -0.1) is 0 Å². The lowest BCUT2D eigenvalue weighted by Crippen LogP contribution is -2.09. The van der Waals surface area contributed by atoms with Gasteiger partial charge in [0, 0.05) is 35.1 Å². The lowest BCUT2D eigenvalue weighted by atomic mass is 10.1. The van der Waals surface area contributed by atoms with Crippen LogP contribution in [0.2, 0.25) is 0 Å². The Balaban J connectivity index is 2.48. The highest BCUT2D eigenvalue weighted by atomic mass is 19.1. The average molecular weight is 249 g/mol. The van der Waals surface area contributed by atoms with Gasteiger partial charge in [0.2, 0.25) is 0 Å². The fraction of sp³-hybridized carbons (Fsp3) is 0.231. The Hall–Kier alpha value is -1.88. The summed E-state index contributed by atoms with van der Waals surface area (Å²) in [6, 6.07) is 3.03. The minimum absolute atomic E-state index is 0.178. The van der Waals surface area contributed by atoms with Crippen molar-refractivity contribution in [2.75, 3.05) is 0 Å². The van der Waals surface area contributed by atoms with Crippen LogP contribution in [-0.2, 0) is 0 Å². The summed E-state index contributed by atoms with van der Waals surface area (Å²) in [6.45, 7) is 3.62. The van der Waals surface area contributed by atoms with E-state index in [1.165, 1.54) is 12.1 Å². The highest BCUT2D eigenvalue weighted by Crippen LogP contribution is 2.20. The molecule has 94 valence electrons. The standard InChI is InChI=1S/C13H13F2N3/c1-7(16)12-6-17-13(18-8(12)2)9-3-10(14)5-11(15)4-9/h3-7H,16H2,1-2H3/t7-/m0/s1. The normalized spacial score (nSPS) is 12.5. The summed E-state index contributed by atoms with van der Waals surface area (Å²) in [7, 11) is 0. The molecule has 2 N–H and O–H groups in total. The first-order chi connectivity index (χ1) is 8.47. The number of halogens is 2. The largest absolute Gasteiger partial charge is 0.324 e. The average Bonchev–Trinajstić information content (AvgIpc) is 2.26. The number of hydrogen-bond donors (Lipinski definition) is 1. The van der Waals surface area contributed by atoms with Gasteiger partial charge < -0.3 is 5.73 Å². The summed E-state index contributed by atoms with van der Waals surface area (Å²) in [6.07, 6.45) is 1.59. The first kappa shape index (κ1) is 12.6. The maximum absolute atomic E-state index is 13.1. The molecule has 0 radical (unpaired) electrons. The molecule has 1 heterocycles. The van der Waals surface area contributed by atoms with E-state index in [2.05, 4.69) is 9.97 Å². The van der Waals surface area contributed by atoms with Crippen LogP contribution < -0.4 is 5.73 Å². The quantitative estimate of drug-likeness (QED) is 0.890. The van der Waals surface area contributed by atoms with Gasteiger partial charge in [-0.05, 0) is 26.0 Å². The molecule has 0 saturated carbocycles. The van der Waals surface area contributed by atoms with Crippen LogP contribution in [0.15, 0.2) is 24.4 Å². The van der Waals surface area contributed by atoms with Gasteiger partial charge in [-0.1, -0.05) is 0 Å². The Morgan fingerprint density at radius 2 is 1.78 bits per heavy atom. The predicted molar refractivity (Wildman–Crippen MR) is 64.7 cm³/mol. The highest BCUT2D eigenvalue weighted by molar-refractivity contribution is 5.55. The molecule has 0 amide bonds. The van der Waals surface area contributed by atoms with Crippen molar-refractivity contribution in [2.24, 2.45) is 5.73 Å². The Morgan fingerprint density at radius 1 is 1.17 bits per heavy atom. The number of nitrogens with zero attached hydrogens (tertiary/aromatic N) is 2. The Labute approximate surface area is 104 Å². The maximum Gasteiger partial charge on any atom is 0.159 e. The number of aryl methyl sites for hydroxylation is 1. The summed E-state index contributed by atoms with van der Waals surface area (Å²) in [5.74, 6) is -1.01. The molecule has 1 atom stereocenters. The fourth-order valence-corrected chi connectivity index (χ4v) is 1.75. The molecule has 0 fully saturated rings.